The molecule has 4 nitrogen and oxygen atoms in total. The number of rotatable bonds is 4. The summed E-state index contributed by atoms with van der Waals surface area (Å²) in [7, 11) is 1.58. The third kappa shape index (κ3) is 3.33. The van der Waals surface area contributed by atoms with Crippen LogP contribution in [-0.2, 0) is 6.54 Å². The molecule has 1 N–H and O–H groups in total. The molecule has 118 valence electrons. The van der Waals surface area contributed by atoms with E-state index in [1.54, 1.807) is 13.1 Å². The van der Waals surface area contributed by atoms with E-state index in [-0.39, 0.29) is 29.6 Å². The van der Waals surface area contributed by atoms with Crippen LogP contribution in [0.2, 0.25) is 5.02 Å². The van der Waals surface area contributed by atoms with Crippen LogP contribution in [0.1, 0.15) is 41.5 Å². The summed E-state index contributed by atoms with van der Waals surface area (Å²) in [4.78, 5) is 13.9. The summed E-state index contributed by atoms with van der Waals surface area (Å²) in [5.41, 5.74) is 1.41. The third-order valence-electron chi connectivity index (χ3n) is 3.32. The molecular formula is C15H16BrClFN3O. The standard InChI is InChI=1S/C15H16BrClFN3O/c1-8(2)13-12(16)14(20-19-13)15(22)21(3)7-9-10(17)5-4-6-11(9)18/h4-6,8H,7H2,1-3H3,(H,19,20). The molecule has 22 heavy (non-hydrogen) atoms. The van der Waals surface area contributed by atoms with Gasteiger partial charge in [-0.1, -0.05) is 31.5 Å². The molecule has 1 aromatic carbocycles. The number of nitrogens with one attached hydrogen (secondary N) is 1. The molecule has 1 heterocycles. The number of hydrogen-bond donors (Lipinski definition) is 1. The summed E-state index contributed by atoms with van der Waals surface area (Å²) in [5, 5.41) is 7.20. The highest BCUT2D eigenvalue weighted by Gasteiger charge is 2.23. The number of nitrogens with zero attached hydrogens (tertiary/aromatic N) is 2. The minimum Gasteiger partial charge on any atom is -0.336 e. The van der Waals surface area contributed by atoms with Gasteiger partial charge in [0.25, 0.3) is 5.91 Å². The molecule has 7 heteroatoms. The minimum atomic E-state index is -0.434. The summed E-state index contributed by atoms with van der Waals surface area (Å²) in [6.45, 7) is 4.06. The number of benzene rings is 1. The van der Waals surface area contributed by atoms with Crippen LogP contribution in [0, 0.1) is 5.82 Å². The zero-order valence-corrected chi connectivity index (χ0v) is 14.8. The van der Waals surface area contributed by atoms with Crippen LogP contribution in [0.4, 0.5) is 4.39 Å². The molecule has 2 rings (SSSR count). The van der Waals surface area contributed by atoms with Gasteiger partial charge in [-0.25, -0.2) is 4.39 Å². The molecule has 0 aliphatic heterocycles. The summed E-state index contributed by atoms with van der Waals surface area (Å²) >= 11 is 9.39. The molecule has 1 amide bonds. The normalized spacial score (nSPS) is 11.0. The van der Waals surface area contributed by atoms with Gasteiger partial charge in [-0.15, -0.1) is 0 Å². The van der Waals surface area contributed by atoms with E-state index in [0.717, 1.165) is 5.69 Å². The van der Waals surface area contributed by atoms with E-state index in [0.29, 0.717) is 9.50 Å². The summed E-state index contributed by atoms with van der Waals surface area (Å²) in [6.07, 6.45) is 0. The van der Waals surface area contributed by atoms with E-state index in [4.69, 9.17) is 11.6 Å². The number of aromatic nitrogens is 2. The van der Waals surface area contributed by atoms with Gasteiger partial charge < -0.3 is 4.90 Å². The first-order valence-electron chi connectivity index (χ1n) is 6.75. The fourth-order valence-corrected chi connectivity index (χ4v) is 3.07. The van der Waals surface area contributed by atoms with Gasteiger partial charge in [-0.3, -0.25) is 9.89 Å². The second-order valence-corrected chi connectivity index (χ2v) is 6.52. The smallest absolute Gasteiger partial charge is 0.275 e. The fraction of sp³-hybridized carbons (Fsp3) is 0.333. The van der Waals surface area contributed by atoms with Crippen LogP contribution < -0.4 is 0 Å². The van der Waals surface area contributed by atoms with Gasteiger partial charge in [0.05, 0.1) is 16.7 Å². The van der Waals surface area contributed by atoms with E-state index in [1.165, 1.54) is 17.0 Å². The molecule has 0 saturated carbocycles. The van der Waals surface area contributed by atoms with Gasteiger partial charge in [0.1, 0.15) is 5.82 Å². The highest BCUT2D eigenvalue weighted by atomic mass is 79.9. The highest BCUT2D eigenvalue weighted by molar-refractivity contribution is 9.10. The number of amides is 1. The predicted octanol–water partition coefficient (Wildman–Crippen LogP) is 4.36. The van der Waals surface area contributed by atoms with E-state index in [1.807, 2.05) is 13.8 Å². The number of aromatic amines is 1. The Hall–Kier alpha value is -1.40. The van der Waals surface area contributed by atoms with Crippen molar-refractivity contribution in [1.82, 2.24) is 15.1 Å². The second-order valence-electron chi connectivity index (χ2n) is 5.32. The van der Waals surface area contributed by atoms with Gasteiger partial charge in [0, 0.05) is 17.6 Å². The van der Waals surface area contributed by atoms with Crippen molar-refractivity contribution in [2.24, 2.45) is 0 Å². The Balaban J connectivity index is 2.23. The molecule has 0 atom stereocenters. The van der Waals surface area contributed by atoms with Crippen LogP contribution >= 0.6 is 27.5 Å². The maximum atomic E-state index is 13.8. The first-order chi connectivity index (χ1) is 10.3. The monoisotopic (exact) mass is 387 g/mol. The quantitative estimate of drug-likeness (QED) is 0.846. The second kappa shape index (κ2) is 6.79. The number of H-pyrrole nitrogens is 1. The Kier molecular flexibility index (Phi) is 5.24. The molecule has 0 saturated heterocycles. The van der Waals surface area contributed by atoms with E-state index >= 15 is 0 Å². The molecule has 0 aliphatic rings. The molecule has 2 aromatic rings. The van der Waals surface area contributed by atoms with Crippen molar-refractivity contribution in [3.63, 3.8) is 0 Å². The average molecular weight is 389 g/mol. The largest absolute Gasteiger partial charge is 0.336 e. The Morgan fingerprint density at radius 3 is 2.73 bits per heavy atom. The Labute approximate surface area is 141 Å². The van der Waals surface area contributed by atoms with Gasteiger partial charge >= 0.3 is 0 Å². The molecule has 0 bridgehead atoms. The summed E-state index contributed by atoms with van der Waals surface area (Å²) in [5.74, 6) is -0.541. The SMILES string of the molecule is CC(C)c1[nH]nc(C(=O)N(C)Cc2c(F)cccc2Cl)c1Br. The van der Waals surface area contributed by atoms with Crippen molar-refractivity contribution in [1.29, 1.82) is 0 Å². The number of halogens is 3. The lowest BCUT2D eigenvalue weighted by atomic mass is 10.1. The van der Waals surface area contributed by atoms with E-state index in [9.17, 15) is 9.18 Å². The van der Waals surface area contributed by atoms with Crippen LogP contribution in [-0.4, -0.2) is 28.1 Å². The topological polar surface area (TPSA) is 49.0 Å². The maximum absolute atomic E-state index is 13.8. The maximum Gasteiger partial charge on any atom is 0.275 e. The first-order valence-corrected chi connectivity index (χ1v) is 7.92. The molecule has 0 unspecified atom stereocenters. The van der Waals surface area contributed by atoms with Gasteiger partial charge in [0.2, 0.25) is 0 Å². The Morgan fingerprint density at radius 1 is 1.50 bits per heavy atom. The third-order valence-corrected chi connectivity index (χ3v) is 4.47. The lowest BCUT2D eigenvalue weighted by Gasteiger charge is -2.17. The van der Waals surface area contributed by atoms with Crippen LogP contribution in [0.5, 0.6) is 0 Å². The number of carbonyl (C=O) groups excluding carboxylic acids is 1. The zero-order valence-electron chi connectivity index (χ0n) is 12.5. The Morgan fingerprint density at radius 2 is 2.18 bits per heavy atom. The molecule has 0 radical (unpaired) electrons. The van der Waals surface area contributed by atoms with Crippen molar-refractivity contribution in [2.45, 2.75) is 26.3 Å². The number of carbonyl (C=O) groups is 1. The first kappa shape index (κ1) is 17.0. The fourth-order valence-electron chi connectivity index (χ4n) is 2.04. The molecule has 0 fully saturated rings. The average Bonchev–Trinajstić information content (AvgIpc) is 2.84. The van der Waals surface area contributed by atoms with Crippen LogP contribution in [0.15, 0.2) is 22.7 Å². The lowest BCUT2D eigenvalue weighted by molar-refractivity contribution is 0.0777. The summed E-state index contributed by atoms with van der Waals surface area (Å²) in [6, 6.07) is 4.45. The van der Waals surface area contributed by atoms with Gasteiger partial charge in [-0.2, -0.15) is 5.10 Å². The predicted molar refractivity (Wildman–Crippen MR) is 87.6 cm³/mol. The summed E-state index contributed by atoms with van der Waals surface area (Å²) < 4.78 is 14.5. The van der Waals surface area contributed by atoms with Gasteiger partial charge in [0.15, 0.2) is 5.69 Å². The zero-order chi connectivity index (χ0) is 16.4. The van der Waals surface area contributed by atoms with Crippen molar-refractivity contribution in [3.8, 4) is 0 Å². The highest BCUT2D eigenvalue weighted by Crippen LogP contribution is 2.27. The van der Waals surface area contributed by atoms with Crippen molar-refractivity contribution >= 4 is 33.4 Å². The van der Waals surface area contributed by atoms with Gasteiger partial charge in [-0.05, 0) is 34.0 Å². The van der Waals surface area contributed by atoms with Crippen molar-refractivity contribution in [3.05, 3.63) is 50.5 Å². The van der Waals surface area contributed by atoms with E-state index < -0.39 is 5.82 Å². The Bertz CT molecular complexity index is 682. The van der Waals surface area contributed by atoms with Crippen LogP contribution in [0.25, 0.3) is 0 Å². The molecule has 0 aliphatic carbocycles. The molecular weight excluding hydrogens is 373 g/mol. The van der Waals surface area contributed by atoms with Crippen molar-refractivity contribution < 1.29 is 9.18 Å². The lowest BCUT2D eigenvalue weighted by Crippen LogP contribution is -2.27. The minimum absolute atomic E-state index is 0.0701. The van der Waals surface area contributed by atoms with Crippen molar-refractivity contribution in [2.75, 3.05) is 7.05 Å². The molecule has 0 spiro atoms. The number of hydrogen-bond acceptors (Lipinski definition) is 2. The molecule has 1 aromatic heterocycles. The van der Waals surface area contributed by atoms with Crippen LogP contribution in [0.3, 0.4) is 0 Å². The van der Waals surface area contributed by atoms with E-state index in [2.05, 4.69) is 26.1 Å².